The molecule has 4 rings (SSSR count). The van der Waals surface area contributed by atoms with Gasteiger partial charge in [0.2, 0.25) is 17.6 Å². The van der Waals surface area contributed by atoms with E-state index < -0.39 is 0 Å². The van der Waals surface area contributed by atoms with Crippen LogP contribution in [0, 0.1) is 0 Å². The fourth-order valence-corrected chi connectivity index (χ4v) is 5.39. The molecule has 1 fully saturated rings. The second-order valence-electron chi connectivity index (χ2n) is 9.70. The molecule has 2 unspecified atom stereocenters. The van der Waals surface area contributed by atoms with Crippen molar-refractivity contribution in [3.8, 4) is 0 Å². The standard InChI is InChI=1S/C24H34N6O2S/c1-6-24(4,5)25-20(31)15-33-23-27-26-22-28(18-12-7-8-13-19(18)30(22)23)14-21(32)29-16(2)10-9-11-17(29)3/h7-8,12-13,16-17H,6,9-11,14-15H2,1-5H3,(H,25,31). The van der Waals surface area contributed by atoms with Gasteiger partial charge in [-0.2, -0.15) is 0 Å². The van der Waals surface area contributed by atoms with Gasteiger partial charge in [0, 0.05) is 17.6 Å². The van der Waals surface area contributed by atoms with Crippen LogP contribution in [0.3, 0.4) is 0 Å². The molecule has 1 N–H and O–H groups in total. The summed E-state index contributed by atoms with van der Waals surface area (Å²) >= 11 is 1.36. The maximum Gasteiger partial charge on any atom is 0.243 e. The largest absolute Gasteiger partial charge is 0.351 e. The van der Waals surface area contributed by atoms with E-state index in [2.05, 4.69) is 36.3 Å². The number of likely N-dealkylation sites (tertiary alicyclic amines) is 1. The Morgan fingerprint density at radius 1 is 1.12 bits per heavy atom. The minimum absolute atomic E-state index is 0.0319. The fourth-order valence-electron chi connectivity index (χ4n) is 4.65. The lowest BCUT2D eigenvalue weighted by molar-refractivity contribution is -0.137. The van der Waals surface area contributed by atoms with Crippen LogP contribution in [0.4, 0.5) is 0 Å². The molecule has 0 saturated carbocycles. The van der Waals surface area contributed by atoms with Gasteiger partial charge in [-0.05, 0) is 65.5 Å². The lowest BCUT2D eigenvalue weighted by atomic mass is 9.97. The second-order valence-corrected chi connectivity index (χ2v) is 10.6. The molecule has 0 bridgehead atoms. The summed E-state index contributed by atoms with van der Waals surface area (Å²) in [5.74, 6) is 0.955. The minimum atomic E-state index is -0.239. The van der Waals surface area contributed by atoms with E-state index in [-0.39, 0.29) is 41.7 Å². The second kappa shape index (κ2) is 9.37. The Labute approximate surface area is 199 Å². The number of nitrogens with one attached hydrogen (secondary N) is 1. The number of benzene rings is 1. The topological polar surface area (TPSA) is 84.5 Å². The van der Waals surface area contributed by atoms with Crippen LogP contribution in [0.5, 0.6) is 0 Å². The van der Waals surface area contributed by atoms with Gasteiger partial charge in [-0.25, -0.2) is 0 Å². The molecule has 3 aromatic rings. The van der Waals surface area contributed by atoms with Crippen molar-refractivity contribution in [2.45, 2.75) is 89.6 Å². The molecule has 9 heteroatoms. The van der Waals surface area contributed by atoms with Gasteiger partial charge in [0.05, 0.1) is 16.8 Å². The molecule has 0 aliphatic carbocycles. The Balaban J connectivity index is 1.61. The highest BCUT2D eigenvalue weighted by Crippen LogP contribution is 2.28. The van der Waals surface area contributed by atoms with Crippen LogP contribution in [0.1, 0.15) is 60.3 Å². The van der Waals surface area contributed by atoms with E-state index in [0.717, 1.165) is 36.7 Å². The molecule has 1 aliphatic rings. The number of amides is 2. The normalized spacial score (nSPS) is 19.4. The molecule has 8 nitrogen and oxygen atoms in total. The van der Waals surface area contributed by atoms with E-state index in [1.165, 1.54) is 11.8 Å². The number of carbonyl (C=O) groups excluding carboxylic acids is 2. The zero-order valence-corrected chi connectivity index (χ0v) is 21.0. The van der Waals surface area contributed by atoms with Gasteiger partial charge < -0.3 is 10.2 Å². The Bertz CT molecular complexity index is 1160. The molecule has 2 amide bonds. The number of aromatic nitrogens is 4. The molecule has 3 heterocycles. The molecule has 33 heavy (non-hydrogen) atoms. The third-order valence-electron chi connectivity index (χ3n) is 6.74. The summed E-state index contributed by atoms with van der Waals surface area (Å²) in [5, 5.41) is 12.5. The van der Waals surface area contributed by atoms with Crippen molar-refractivity contribution in [3.05, 3.63) is 24.3 Å². The number of hydrogen-bond acceptors (Lipinski definition) is 5. The number of thioether (sulfide) groups is 1. The van der Waals surface area contributed by atoms with Gasteiger partial charge in [-0.15, -0.1) is 10.2 Å². The Kier molecular flexibility index (Phi) is 6.70. The summed E-state index contributed by atoms with van der Waals surface area (Å²) in [6.45, 7) is 10.6. The lowest BCUT2D eigenvalue weighted by Crippen LogP contribution is -2.48. The first-order chi connectivity index (χ1) is 15.7. The lowest BCUT2D eigenvalue weighted by Gasteiger charge is -2.39. The molecule has 1 aromatic carbocycles. The van der Waals surface area contributed by atoms with Crippen LogP contribution in [-0.4, -0.2) is 59.3 Å². The zero-order chi connectivity index (χ0) is 23.8. The number of carbonyl (C=O) groups is 2. The summed E-state index contributed by atoms with van der Waals surface area (Å²) in [5.41, 5.74) is 1.63. The van der Waals surface area contributed by atoms with Crippen LogP contribution in [0.2, 0.25) is 0 Å². The summed E-state index contributed by atoms with van der Waals surface area (Å²) in [6.07, 6.45) is 4.10. The third kappa shape index (κ3) is 4.74. The molecule has 2 aromatic heterocycles. The molecule has 178 valence electrons. The van der Waals surface area contributed by atoms with E-state index in [1.807, 2.05) is 52.0 Å². The van der Waals surface area contributed by atoms with Crippen molar-refractivity contribution >= 4 is 40.4 Å². The first-order valence-corrected chi connectivity index (χ1v) is 12.8. The summed E-state index contributed by atoms with van der Waals surface area (Å²) in [4.78, 5) is 27.8. The Hall–Kier alpha value is -2.55. The molecule has 1 aliphatic heterocycles. The van der Waals surface area contributed by atoms with Gasteiger partial charge in [-0.3, -0.25) is 18.6 Å². The summed E-state index contributed by atoms with van der Waals surface area (Å²) < 4.78 is 3.90. The third-order valence-corrected chi connectivity index (χ3v) is 7.67. The molecule has 0 spiro atoms. The predicted octanol–water partition coefficient (Wildman–Crippen LogP) is 3.87. The van der Waals surface area contributed by atoms with E-state index in [0.29, 0.717) is 10.9 Å². The highest BCUT2D eigenvalue weighted by molar-refractivity contribution is 7.99. The monoisotopic (exact) mass is 470 g/mol. The number of para-hydroxylation sites is 2. The fraction of sp³-hybridized carbons (Fsp3) is 0.583. The summed E-state index contributed by atoms with van der Waals surface area (Å²) in [7, 11) is 0. The van der Waals surface area contributed by atoms with Gasteiger partial charge in [0.25, 0.3) is 0 Å². The number of hydrogen-bond donors (Lipinski definition) is 1. The smallest absolute Gasteiger partial charge is 0.243 e. The predicted molar refractivity (Wildman–Crippen MR) is 131 cm³/mol. The number of nitrogens with zero attached hydrogens (tertiary/aromatic N) is 5. The zero-order valence-electron chi connectivity index (χ0n) is 20.2. The van der Waals surface area contributed by atoms with Gasteiger partial charge in [0.1, 0.15) is 6.54 Å². The maximum atomic E-state index is 13.3. The van der Waals surface area contributed by atoms with Crippen molar-refractivity contribution < 1.29 is 9.59 Å². The van der Waals surface area contributed by atoms with Crippen LogP contribution < -0.4 is 5.32 Å². The van der Waals surface area contributed by atoms with Crippen LogP contribution in [0.15, 0.2) is 29.4 Å². The number of rotatable bonds is 7. The quantitative estimate of drug-likeness (QED) is 0.530. The highest BCUT2D eigenvalue weighted by atomic mass is 32.2. The molecule has 1 saturated heterocycles. The van der Waals surface area contributed by atoms with E-state index in [1.54, 1.807) is 0 Å². The van der Waals surface area contributed by atoms with Crippen molar-refractivity contribution in [1.29, 1.82) is 0 Å². The average Bonchev–Trinajstić information content (AvgIpc) is 3.31. The molecule has 2 atom stereocenters. The summed E-state index contributed by atoms with van der Waals surface area (Å²) in [6, 6.07) is 8.43. The van der Waals surface area contributed by atoms with Crippen molar-refractivity contribution in [3.63, 3.8) is 0 Å². The minimum Gasteiger partial charge on any atom is -0.351 e. The average molecular weight is 471 g/mol. The van der Waals surface area contributed by atoms with Crippen molar-refractivity contribution in [1.82, 2.24) is 29.4 Å². The highest BCUT2D eigenvalue weighted by Gasteiger charge is 2.30. The van der Waals surface area contributed by atoms with Crippen LogP contribution >= 0.6 is 11.8 Å². The maximum absolute atomic E-state index is 13.3. The van der Waals surface area contributed by atoms with Gasteiger partial charge in [0.15, 0.2) is 5.16 Å². The SMILES string of the molecule is CCC(C)(C)NC(=O)CSc1nnc2n(CC(=O)N3C(C)CCCC3C)c3ccccc3n12. The van der Waals surface area contributed by atoms with Crippen molar-refractivity contribution in [2.24, 2.45) is 0 Å². The molecule has 0 radical (unpaired) electrons. The first kappa shape index (κ1) is 23.6. The van der Waals surface area contributed by atoms with Gasteiger partial charge in [-0.1, -0.05) is 30.8 Å². The Morgan fingerprint density at radius 2 is 1.79 bits per heavy atom. The van der Waals surface area contributed by atoms with Crippen LogP contribution in [-0.2, 0) is 16.1 Å². The Morgan fingerprint density at radius 3 is 2.45 bits per heavy atom. The van der Waals surface area contributed by atoms with Crippen molar-refractivity contribution in [2.75, 3.05) is 5.75 Å². The molecular formula is C24H34N6O2S. The van der Waals surface area contributed by atoms with E-state index >= 15 is 0 Å². The van der Waals surface area contributed by atoms with Gasteiger partial charge >= 0.3 is 0 Å². The number of imidazole rings is 1. The first-order valence-electron chi connectivity index (χ1n) is 11.8. The number of piperidine rings is 1. The van der Waals surface area contributed by atoms with E-state index in [4.69, 9.17) is 0 Å². The van der Waals surface area contributed by atoms with Crippen LogP contribution in [0.25, 0.3) is 16.8 Å². The number of fused-ring (bicyclic) bond motifs is 3. The molecular weight excluding hydrogens is 436 g/mol. The van der Waals surface area contributed by atoms with E-state index in [9.17, 15) is 9.59 Å².